The van der Waals surface area contributed by atoms with Gasteiger partial charge in [0, 0.05) is 0 Å². The fraction of sp³-hybridized carbons (Fsp3) is 0.250. The van der Waals surface area contributed by atoms with E-state index < -0.39 is 0 Å². The summed E-state index contributed by atoms with van der Waals surface area (Å²) in [6.07, 6.45) is 2.28. The number of carbonyl (C=O) groups excluding carboxylic acids is 1. The molecule has 140 valence electrons. The summed E-state index contributed by atoms with van der Waals surface area (Å²) in [5.41, 5.74) is 3.17. The van der Waals surface area contributed by atoms with E-state index >= 15 is 0 Å². The summed E-state index contributed by atoms with van der Waals surface area (Å²) in [6.45, 7) is 2.05. The molecule has 0 saturated carbocycles. The third-order valence-electron chi connectivity index (χ3n) is 4.21. The highest BCUT2D eigenvalue weighted by Crippen LogP contribution is 2.27. The van der Waals surface area contributed by atoms with E-state index in [0.29, 0.717) is 23.1 Å². The zero-order valence-corrected chi connectivity index (χ0v) is 16.2. The summed E-state index contributed by atoms with van der Waals surface area (Å²) in [6, 6.07) is 13.6. The van der Waals surface area contributed by atoms with E-state index in [1.807, 2.05) is 30.3 Å². The number of thioether (sulfide) groups is 1. The molecule has 7 heteroatoms. The SMILES string of the molecule is COc1ccc(/C=N/N=C2\NC(=O)[C@@H](Cc3ccccc3C)S2)cc1OC. The Morgan fingerprint density at radius 1 is 1.15 bits per heavy atom. The monoisotopic (exact) mass is 383 g/mol. The van der Waals surface area contributed by atoms with E-state index in [0.717, 1.165) is 5.56 Å². The molecule has 0 unspecified atom stereocenters. The van der Waals surface area contributed by atoms with Gasteiger partial charge in [-0.3, -0.25) is 4.79 Å². The van der Waals surface area contributed by atoms with Gasteiger partial charge in [-0.1, -0.05) is 36.0 Å². The highest BCUT2D eigenvalue weighted by atomic mass is 32.2. The van der Waals surface area contributed by atoms with Gasteiger partial charge >= 0.3 is 0 Å². The number of hydrogen-bond acceptors (Lipinski definition) is 6. The zero-order chi connectivity index (χ0) is 19.2. The van der Waals surface area contributed by atoms with Crippen LogP contribution in [0.2, 0.25) is 0 Å². The van der Waals surface area contributed by atoms with Crippen LogP contribution in [0.25, 0.3) is 0 Å². The van der Waals surface area contributed by atoms with E-state index in [9.17, 15) is 4.79 Å². The Hall–Kier alpha value is -2.80. The Morgan fingerprint density at radius 2 is 1.93 bits per heavy atom. The lowest BCUT2D eigenvalue weighted by Crippen LogP contribution is -2.26. The molecule has 6 nitrogen and oxygen atoms in total. The van der Waals surface area contributed by atoms with Gasteiger partial charge in [-0.25, -0.2) is 0 Å². The predicted octanol–water partition coefficient (Wildman–Crippen LogP) is 3.18. The molecule has 3 rings (SSSR count). The first-order valence-electron chi connectivity index (χ1n) is 8.46. The molecule has 2 aromatic rings. The summed E-state index contributed by atoms with van der Waals surface area (Å²) >= 11 is 1.40. The number of rotatable bonds is 6. The standard InChI is InChI=1S/C20H21N3O3S/c1-13-6-4-5-7-15(13)11-18-19(24)22-20(27-18)23-21-12-14-8-9-16(25-2)17(10-14)26-3/h4-10,12,18H,11H2,1-3H3,(H,22,23,24)/b21-12+/t18-/m1/s1. The van der Waals surface area contributed by atoms with Gasteiger partial charge in [-0.15, -0.1) is 5.10 Å². The van der Waals surface area contributed by atoms with Crippen molar-refractivity contribution in [3.05, 3.63) is 59.2 Å². The molecule has 1 N–H and O–H groups in total. The van der Waals surface area contributed by atoms with Crippen molar-refractivity contribution < 1.29 is 14.3 Å². The Labute approximate surface area is 162 Å². The number of nitrogens with zero attached hydrogens (tertiary/aromatic N) is 2. The Bertz CT molecular complexity index is 896. The predicted molar refractivity (Wildman–Crippen MR) is 109 cm³/mol. The van der Waals surface area contributed by atoms with E-state index in [4.69, 9.17) is 9.47 Å². The van der Waals surface area contributed by atoms with Crippen molar-refractivity contribution in [3.8, 4) is 11.5 Å². The fourth-order valence-corrected chi connectivity index (χ4v) is 3.66. The highest BCUT2D eigenvalue weighted by Gasteiger charge is 2.30. The first-order valence-corrected chi connectivity index (χ1v) is 9.33. The lowest BCUT2D eigenvalue weighted by atomic mass is 10.0. The van der Waals surface area contributed by atoms with Crippen LogP contribution in [0, 0.1) is 6.92 Å². The van der Waals surface area contributed by atoms with E-state index in [2.05, 4.69) is 28.5 Å². The molecule has 0 aliphatic carbocycles. The molecule has 1 atom stereocenters. The van der Waals surface area contributed by atoms with E-state index in [-0.39, 0.29) is 11.2 Å². The molecule has 27 heavy (non-hydrogen) atoms. The summed E-state index contributed by atoms with van der Waals surface area (Å²) in [4.78, 5) is 12.2. The Balaban J connectivity index is 1.65. The molecule has 2 aromatic carbocycles. The van der Waals surface area contributed by atoms with Crippen molar-refractivity contribution in [3.63, 3.8) is 0 Å². The molecular formula is C20H21N3O3S. The molecule has 1 fully saturated rings. The Kier molecular flexibility index (Phi) is 6.13. The maximum atomic E-state index is 12.2. The van der Waals surface area contributed by atoms with Gasteiger partial charge in [0.25, 0.3) is 0 Å². The molecule has 1 aliphatic heterocycles. The maximum absolute atomic E-state index is 12.2. The number of benzene rings is 2. The van der Waals surface area contributed by atoms with Crippen LogP contribution in [-0.4, -0.2) is 36.8 Å². The van der Waals surface area contributed by atoms with Gasteiger partial charge in [0.2, 0.25) is 5.91 Å². The van der Waals surface area contributed by atoms with Crippen LogP contribution in [-0.2, 0) is 11.2 Å². The molecular weight excluding hydrogens is 362 g/mol. The third-order valence-corrected chi connectivity index (χ3v) is 5.28. The zero-order valence-electron chi connectivity index (χ0n) is 15.4. The first kappa shape index (κ1) is 19.0. The molecule has 1 saturated heterocycles. The first-order chi connectivity index (χ1) is 13.1. The van der Waals surface area contributed by atoms with Crippen molar-refractivity contribution in [1.29, 1.82) is 0 Å². The lowest BCUT2D eigenvalue weighted by molar-refractivity contribution is -0.118. The largest absolute Gasteiger partial charge is 0.493 e. The molecule has 1 heterocycles. The van der Waals surface area contributed by atoms with Crippen LogP contribution >= 0.6 is 11.8 Å². The van der Waals surface area contributed by atoms with Crippen LogP contribution in [0.15, 0.2) is 52.7 Å². The number of amides is 1. The van der Waals surface area contributed by atoms with Gasteiger partial charge in [-0.2, -0.15) is 5.10 Å². The number of amidine groups is 1. The summed E-state index contributed by atoms with van der Waals surface area (Å²) in [5.74, 6) is 1.23. The van der Waals surface area contributed by atoms with Crippen molar-refractivity contribution in [2.75, 3.05) is 14.2 Å². The van der Waals surface area contributed by atoms with Gasteiger partial charge < -0.3 is 14.8 Å². The lowest BCUT2D eigenvalue weighted by Gasteiger charge is -2.08. The minimum atomic E-state index is -0.193. The van der Waals surface area contributed by atoms with Gasteiger partial charge in [-0.05, 0) is 48.2 Å². The van der Waals surface area contributed by atoms with Gasteiger partial charge in [0.05, 0.1) is 25.7 Å². The topological polar surface area (TPSA) is 72.3 Å². The molecule has 1 aliphatic rings. The number of ether oxygens (including phenoxy) is 2. The normalized spacial score (nSPS) is 18.1. The molecule has 0 bridgehead atoms. The quantitative estimate of drug-likeness (QED) is 0.614. The molecule has 0 aromatic heterocycles. The summed E-state index contributed by atoms with van der Waals surface area (Å²) < 4.78 is 10.5. The number of nitrogens with one attached hydrogen (secondary N) is 1. The van der Waals surface area contributed by atoms with Crippen LogP contribution in [0.5, 0.6) is 11.5 Å². The van der Waals surface area contributed by atoms with Gasteiger partial charge in [0.15, 0.2) is 16.7 Å². The fourth-order valence-electron chi connectivity index (χ4n) is 2.71. The van der Waals surface area contributed by atoms with Crippen LogP contribution in [0.3, 0.4) is 0 Å². The van der Waals surface area contributed by atoms with Gasteiger partial charge in [0.1, 0.15) is 0 Å². The Morgan fingerprint density at radius 3 is 2.67 bits per heavy atom. The van der Waals surface area contributed by atoms with E-state index in [1.165, 1.54) is 22.9 Å². The number of aryl methyl sites for hydroxylation is 1. The number of carbonyl (C=O) groups is 1. The molecule has 0 radical (unpaired) electrons. The second-order valence-electron chi connectivity index (χ2n) is 5.99. The average Bonchev–Trinajstić information content (AvgIpc) is 3.02. The second-order valence-corrected chi connectivity index (χ2v) is 7.18. The average molecular weight is 383 g/mol. The molecule has 1 amide bonds. The van der Waals surface area contributed by atoms with Crippen molar-refractivity contribution >= 4 is 29.1 Å². The van der Waals surface area contributed by atoms with Crippen LogP contribution in [0.1, 0.15) is 16.7 Å². The molecule has 0 spiro atoms. The number of methoxy groups -OCH3 is 2. The van der Waals surface area contributed by atoms with Crippen molar-refractivity contribution in [2.24, 2.45) is 10.2 Å². The smallest absolute Gasteiger partial charge is 0.239 e. The van der Waals surface area contributed by atoms with Crippen molar-refractivity contribution in [1.82, 2.24) is 5.32 Å². The minimum Gasteiger partial charge on any atom is -0.493 e. The third kappa shape index (κ3) is 4.68. The van der Waals surface area contributed by atoms with Crippen LogP contribution in [0.4, 0.5) is 0 Å². The summed E-state index contributed by atoms with van der Waals surface area (Å²) in [5, 5.41) is 11.3. The number of hydrogen-bond donors (Lipinski definition) is 1. The summed E-state index contributed by atoms with van der Waals surface area (Å²) in [7, 11) is 3.17. The van der Waals surface area contributed by atoms with Crippen molar-refractivity contribution in [2.45, 2.75) is 18.6 Å². The second kappa shape index (κ2) is 8.73. The van der Waals surface area contributed by atoms with Crippen LogP contribution < -0.4 is 14.8 Å². The van der Waals surface area contributed by atoms with E-state index in [1.54, 1.807) is 26.5 Å². The highest BCUT2D eigenvalue weighted by molar-refractivity contribution is 8.15. The maximum Gasteiger partial charge on any atom is 0.239 e. The minimum absolute atomic E-state index is 0.0386.